The molecular formula is C9H20N4O3S. The monoisotopic (exact) mass is 264 g/mol. The summed E-state index contributed by atoms with van der Waals surface area (Å²) in [7, 11) is -3.13. The van der Waals surface area contributed by atoms with E-state index in [1.807, 2.05) is 4.90 Å². The maximum Gasteiger partial charge on any atom is 0.238 e. The molecule has 8 heteroatoms. The van der Waals surface area contributed by atoms with Gasteiger partial charge < -0.3 is 11.5 Å². The van der Waals surface area contributed by atoms with E-state index >= 15 is 0 Å². The lowest BCUT2D eigenvalue weighted by Crippen LogP contribution is -2.59. The van der Waals surface area contributed by atoms with Crippen LogP contribution in [-0.4, -0.2) is 68.0 Å². The van der Waals surface area contributed by atoms with Crippen molar-refractivity contribution in [2.75, 3.05) is 39.0 Å². The van der Waals surface area contributed by atoms with Crippen LogP contribution in [0.3, 0.4) is 0 Å². The summed E-state index contributed by atoms with van der Waals surface area (Å²) < 4.78 is 24.0. The van der Waals surface area contributed by atoms with Gasteiger partial charge in [0.05, 0.1) is 6.26 Å². The molecule has 1 amide bonds. The highest BCUT2D eigenvalue weighted by atomic mass is 32.2. The van der Waals surface area contributed by atoms with E-state index in [2.05, 4.69) is 0 Å². The van der Waals surface area contributed by atoms with Crippen LogP contribution in [0.15, 0.2) is 0 Å². The molecule has 0 aromatic carbocycles. The first-order valence-electron chi connectivity index (χ1n) is 5.39. The van der Waals surface area contributed by atoms with Crippen LogP contribution in [0.2, 0.25) is 0 Å². The standard InChI is InChI=1S/C9H20N4O3S/c1-9(11,8(10)14)7-12-3-5-13(6-4-12)17(2,15)16/h3-7,11H2,1-2H3,(H2,10,14). The Kier molecular flexibility index (Phi) is 4.13. The van der Waals surface area contributed by atoms with Gasteiger partial charge in [-0.25, -0.2) is 8.42 Å². The van der Waals surface area contributed by atoms with Gasteiger partial charge in [0.1, 0.15) is 5.54 Å². The maximum atomic E-state index is 11.3. The van der Waals surface area contributed by atoms with Gasteiger partial charge in [-0.05, 0) is 6.92 Å². The van der Waals surface area contributed by atoms with Gasteiger partial charge in [-0.2, -0.15) is 4.31 Å². The normalized spacial score (nSPS) is 23.2. The van der Waals surface area contributed by atoms with Crippen LogP contribution in [0, 0.1) is 0 Å². The highest BCUT2D eigenvalue weighted by molar-refractivity contribution is 7.88. The number of primary amides is 1. The summed E-state index contributed by atoms with van der Waals surface area (Å²) in [4.78, 5) is 13.0. The lowest BCUT2D eigenvalue weighted by atomic mass is 10.0. The second-order valence-corrected chi connectivity index (χ2v) is 6.70. The van der Waals surface area contributed by atoms with Gasteiger partial charge in [0.15, 0.2) is 0 Å². The predicted octanol–water partition coefficient (Wildman–Crippen LogP) is -2.23. The zero-order valence-electron chi connectivity index (χ0n) is 10.2. The SMILES string of the molecule is CC(N)(CN1CCN(S(C)(=O)=O)CC1)C(N)=O. The third-order valence-corrected chi connectivity index (χ3v) is 4.22. The van der Waals surface area contributed by atoms with E-state index in [9.17, 15) is 13.2 Å². The average molecular weight is 264 g/mol. The third-order valence-electron chi connectivity index (χ3n) is 2.92. The van der Waals surface area contributed by atoms with E-state index in [4.69, 9.17) is 11.5 Å². The highest BCUT2D eigenvalue weighted by Crippen LogP contribution is 2.09. The number of hydrogen-bond donors (Lipinski definition) is 2. The Morgan fingerprint density at radius 3 is 2.12 bits per heavy atom. The molecule has 0 bridgehead atoms. The average Bonchev–Trinajstić information content (AvgIpc) is 2.16. The van der Waals surface area contributed by atoms with Crippen molar-refractivity contribution >= 4 is 15.9 Å². The molecule has 1 fully saturated rings. The molecule has 1 heterocycles. The quantitative estimate of drug-likeness (QED) is 0.597. The number of nitrogens with two attached hydrogens (primary N) is 2. The minimum Gasteiger partial charge on any atom is -0.368 e. The maximum absolute atomic E-state index is 11.3. The van der Waals surface area contributed by atoms with Crippen molar-refractivity contribution in [3.63, 3.8) is 0 Å². The largest absolute Gasteiger partial charge is 0.368 e. The first kappa shape index (κ1) is 14.4. The summed E-state index contributed by atoms with van der Waals surface area (Å²) in [5.41, 5.74) is 9.87. The van der Waals surface area contributed by atoms with E-state index in [1.54, 1.807) is 6.92 Å². The summed E-state index contributed by atoms with van der Waals surface area (Å²) in [6, 6.07) is 0. The summed E-state index contributed by atoms with van der Waals surface area (Å²) in [6.07, 6.45) is 1.19. The highest BCUT2D eigenvalue weighted by Gasteiger charge is 2.31. The molecule has 0 aromatic heterocycles. The minimum absolute atomic E-state index is 0.347. The van der Waals surface area contributed by atoms with Crippen molar-refractivity contribution in [3.05, 3.63) is 0 Å². The van der Waals surface area contributed by atoms with Crippen LogP contribution < -0.4 is 11.5 Å². The molecule has 0 aliphatic carbocycles. The van der Waals surface area contributed by atoms with Crippen LogP contribution in [0.5, 0.6) is 0 Å². The van der Waals surface area contributed by atoms with Crippen molar-refractivity contribution in [2.24, 2.45) is 11.5 Å². The number of amides is 1. The molecule has 1 aliphatic heterocycles. The molecule has 4 N–H and O–H groups in total. The number of piperazine rings is 1. The summed E-state index contributed by atoms with van der Waals surface area (Å²) in [5.74, 6) is -0.553. The van der Waals surface area contributed by atoms with E-state index in [0.29, 0.717) is 32.7 Å². The Labute approximate surface area is 102 Å². The van der Waals surface area contributed by atoms with Gasteiger partial charge in [0, 0.05) is 32.7 Å². The Morgan fingerprint density at radius 1 is 1.29 bits per heavy atom. The number of rotatable bonds is 4. The van der Waals surface area contributed by atoms with Crippen LogP contribution >= 0.6 is 0 Å². The zero-order chi connectivity index (χ0) is 13.3. The van der Waals surface area contributed by atoms with E-state index in [-0.39, 0.29) is 0 Å². The molecule has 1 aliphatic rings. The molecule has 0 saturated carbocycles. The van der Waals surface area contributed by atoms with Gasteiger partial charge in [-0.15, -0.1) is 0 Å². The van der Waals surface area contributed by atoms with Gasteiger partial charge >= 0.3 is 0 Å². The molecule has 1 unspecified atom stereocenters. The van der Waals surface area contributed by atoms with E-state index < -0.39 is 21.5 Å². The molecule has 100 valence electrons. The fourth-order valence-corrected chi connectivity index (χ4v) is 2.59. The molecule has 1 atom stereocenters. The number of nitrogens with zero attached hydrogens (tertiary/aromatic N) is 2. The smallest absolute Gasteiger partial charge is 0.238 e. The Hall–Kier alpha value is -0.700. The Morgan fingerprint density at radius 2 is 1.76 bits per heavy atom. The van der Waals surface area contributed by atoms with Crippen molar-refractivity contribution in [1.82, 2.24) is 9.21 Å². The molecule has 7 nitrogen and oxygen atoms in total. The third kappa shape index (κ3) is 3.91. The van der Waals surface area contributed by atoms with E-state index in [1.165, 1.54) is 10.6 Å². The first-order chi connectivity index (χ1) is 7.63. The molecule has 0 radical (unpaired) electrons. The predicted molar refractivity (Wildman–Crippen MR) is 64.6 cm³/mol. The molecule has 1 rings (SSSR count). The fourth-order valence-electron chi connectivity index (χ4n) is 1.76. The molecule has 1 saturated heterocycles. The van der Waals surface area contributed by atoms with Crippen molar-refractivity contribution in [2.45, 2.75) is 12.5 Å². The number of carbonyl (C=O) groups is 1. The minimum atomic E-state index is -3.13. The second kappa shape index (κ2) is 4.89. The molecule has 0 spiro atoms. The molecule has 17 heavy (non-hydrogen) atoms. The second-order valence-electron chi connectivity index (χ2n) is 4.72. The lowest BCUT2D eigenvalue weighted by Gasteiger charge is -2.36. The van der Waals surface area contributed by atoms with Gasteiger partial charge in [0.25, 0.3) is 0 Å². The zero-order valence-corrected chi connectivity index (χ0v) is 11.0. The first-order valence-corrected chi connectivity index (χ1v) is 7.24. The molecular weight excluding hydrogens is 244 g/mol. The number of hydrogen-bond acceptors (Lipinski definition) is 5. The Balaban J connectivity index is 2.51. The van der Waals surface area contributed by atoms with Crippen LogP contribution in [-0.2, 0) is 14.8 Å². The van der Waals surface area contributed by atoms with Crippen molar-refractivity contribution in [1.29, 1.82) is 0 Å². The summed E-state index contributed by atoms with van der Waals surface area (Å²) in [5, 5.41) is 0. The lowest BCUT2D eigenvalue weighted by molar-refractivity contribution is -0.123. The summed E-state index contributed by atoms with van der Waals surface area (Å²) in [6.45, 7) is 3.90. The van der Waals surface area contributed by atoms with Crippen molar-refractivity contribution in [3.8, 4) is 0 Å². The van der Waals surface area contributed by atoms with Crippen molar-refractivity contribution < 1.29 is 13.2 Å². The van der Waals surface area contributed by atoms with E-state index in [0.717, 1.165) is 0 Å². The molecule has 0 aromatic rings. The Bertz CT molecular complexity index is 385. The summed E-state index contributed by atoms with van der Waals surface area (Å²) >= 11 is 0. The number of carbonyl (C=O) groups excluding carboxylic acids is 1. The number of sulfonamides is 1. The van der Waals surface area contributed by atoms with Crippen LogP contribution in [0.25, 0.3) is 0 Å². The topological polar surface area (TPSA) is 110 Å². The van der Waals surface area contributed by atoms with Gasteiger partial charge in [-0.1, -0.05) is 0 Å². The van der Waals surface area contributed by atoms with Crippen LogP contribution in [0.1, 0.15) is 6.92 Å². The van der Waals surface area contributed by atoms with Gasteiger partial charge in [-0.3, -0.25) is 9.69 Å². The van der Waals surface area contributed by atoms with Crippen LogP contribution in [0.4, 0.5) is 0 Å². The fraction of sp³-hybridized carbons (Fsp3) is 0.889. The van der Waals surface area contributed by atoms with Gasteiger partial charge in [0.2, 0.25) is 15.9 Å².